The molecule has 0 saturated carbocycles. The van der Waals surface area contributed by atoms with Gasteiger partial charge in [-0.2, -0.15) is 0 Å². The molecule has 34 heavy (non-hydrogen) atoms. The number of fused-ring (bicyclic) bond motifs is 2. The van der Waals surface area contributed by atoms with Crippen molar-refractivity contribution in [2.45, 2.75) is 0 Å². The minimum Gasteiger partial charge on any atom is -0.494 e. The van der Waals surface area contributed by atoms with Gasteiger partial charge >= 0.3 is 0 Å². The van der Waals surface area contributed by atoms with Gasteiger partial charge in [-0.3, -0.25) is 20.0 Å². The number of pyridine rings is 2. The molecule has 0 aliphatic carbocycles. The van der Waals surface area contributed by atoms with Crippen molar-refractivity contribution in [2.75, 3.05) is 0 Å². The summed E-state index contributed by atoms with van der Waals surface area (Å²) in [5.74, 6) is 0.191. The highest BCUT2D eigenvalue weighted by Gasteiger charge is 2.14. The van der Waals surface area contributed by atoms with E-state index in [-0.39, 0.29) is 11.8 Å². The number of rotatable bonds is 2. The van der Waals surface area contributed by atoms with Crippen molar-refractivity contribution in [1.29, 1.82) is 0 Å². The van der Waals surface area contributed by atoms with Crippen molar-refractivity contribution in [3.05, 3.63) is 65.7 Å². The lowest BCUT2D eigenvalue weighted by molar-refractivity contribution is 0.455. The zero-order valence-corrected chi connectivity index (χ0v) is 20.4. The average molecular weight is 523 g/mol. The fourth-order valence-electron chi connectivity index (χ4n) is 3.23. The van der Waals surface area contributed by atoms with Crippen LogP contribution in [0.4, 0.5) is 11.4 Å². The molecule has 2 aliphatic heterocycles. The number of H-pyrrole nitrogens is 2. The van der Waals surface area contributed by atoms with Crippen LogP contribution in [0.2, 0.25) is 0 Å². The van der Waals surface area contributed by atoms with E-state index in [1.165, 1.54) is 22.7 Å². The highest BCUT2D eigenvalue weighted by molar-refractivity contribution is 7.73. The second-order valence-electron chi connectivity index (χ2n) is 6.96. The number of allylic oxidation sites excluding steroid dienone is 2. The van der Waals surface area contributed by atoms with Crippen LogP contribution in [0.3, 0.4) is 0 Å². The molecular weight excluding hydrogens is 509 g/mol. The van der Waals surface area contributed by atoms with Gasteiger partial charge in [-0.25, -0.2) is 0 Å². The van der Waals surface area contributed by atoms with Gasteiger partial charge in [0.2, 0.25) is 11.8 Å². The minimum absolute atomic E-state index is 0.0956. The van der Waals surface area contributed by atoms with Gasteiger partial charge in [-0.05, 0) is 48.7 Å². The third-order valence-electron chi connectivity index (χ3n) is 4.79. The fourth-order valence-corrected chi connectivity index (χ4v) is 5.33. The summed E-state index contributed by atoms with van der Waals surface area (Å²) in [6.45, 7) is 0. The van der Waals surface area contributed by atoms with Crippen molar-refractivity contribution >= 4 is 94.2 Å². The Morgan fingerprint density at radius 2 is 1.18 bits per heavy atom. The average Bonchev–Trinajstić information content (AvgIpc) is 3.57. The van der Waals surface area contributed by atoms with Crippen LogP contribution in [-0.4, -0.2) is 42.6 Å². The van der Waals surface area contributed by atoms with Crippen LogP contribution in [0, 0.1) is 7.91 Å². The van der Waals surface area contributed by atoms with E-state index >= 15 is 0 Å². The fraction of sp³-hybridized carbons (Fsp3) is 0. The van der Waals surface area contributed by atoms with E-state index in [0.717, 1.165) is 33.6 Å². The first kappa shape index (κ1) is 22.2. The Kier molecular flexibility index (Phi) is 6.11. The number of thiazole rings is 2. The standard InChI is InChI=1S/2C11H7N3OS2/c2*15-10-9(17-11(16)14-10)3-6-4-13-8-1-2-12-5-7(6)8/h2*1-5,15H,(H,14,16). The lowest BCUT2D eigenvalue weighted by Gasteiger charge is -1.97. The maximum Gasteiger partial charge on any atom is 0.207 e. The summed E-state index contributed by atoms with van der Waals surface area (Å²) in [6, 6.07) is 3.71. The number of hydrogen-bond donors (Lipinski definition) is 4. The van der Waals surface area contributed by atoms with Gasteiger partial charge < -0.3 is 20.2 Å². The van der Waals surface area contributed by atoms with Crippen LogP contribution < -0.4 is 0 Å². The first-order valence-electron chi connectivity index (χ1n) is 9.72. The van der Waals surface area contributed by atoms with E-state index in [2.05, 4.69) is 29.9 Å². The van der Waals surface area contributed by atoms with E-state index in [1.54, 1.807) is 37.2 Å². The van der Waals surface area contributed by atoms with Crippen molar-refractivity contribution in [1.82, 2.24) is 19.9 Å². The van der Waals surface area contributed by atoms with Gasteiger partial charge in [0.15, 0.2) is 7.91 Å². The largest absolute Gasteiger partial charge is 0.494 e. The van der Waals surface area contributed by atoms with E-state index in [4.69, 9.17) is 24.4 Å². The number of aliphatic imine (C=N–C) groups is 2. The number of aromatic hydroxyl groups is 2. The van der Waals surface area contributed by atoms with Crippen LogP contribution in [0.1, 0.15) is 20.9 Å². The molecular formula is C22H14N6O2S4. The third kappa shape index (κ3) is 4.56. The predicted octanol–water partition coefficient (Wildman–Crippen LogP) is 6.33. The van der Waals surface area contributed by atoms with Gasteiger partial charge in [-0.15, -0.1) is 22.7 Å². The van der Waals surface area contributed by atoms with Gasteiger partial charge in [0, 0.05) is 59.5 Å². The molecule has 6 heterocycles. The highest BCUT2D eigenvalue weighted by Crippen LogP contribution is 2.35. The first-order chi connectivity index (χ1) is 16.5. The molecule has 0 saturated heterocycles. The molecule has 4 N–H and O–H groups in total. The summed E-state index contributed by atoms with van der Waals surface area (Å²) in [5, 5.41) is 19.2. The summed E-state index contributed by atoms with van der Waals surface area (Å²) in [4.78, 5) is 23.5. The molecule has 8 nitrogen and oxygen atoms in total. The summed E-state index contributed by atoms with van der Waals surface area (Å²) in [6.07, 6.45) is 14.2. The Labute approximate surface area is 211 Å². The summed E-state index contributed by atoms with van der Waals surface area (Å²) < 4.78 is 1.10. The monoisotopic (exact) mass is 522 g/mol. The topological polar surface area (TPSA) is 123 Å². The third-order valence-corrected chi connectivity index (χ3v) is 7.13. The molecule has 0 bridgehead atoms. The first-order valence-corrected chi connectivity index (χ1v) is 12.2. The van der Waals surface area contributed by atoms with Gasteiger partial charge in [0.05, 0.1) is 21.1 Å². The maximum absolute atomic E-state index is 9.62. The molecule has 2 aliphatic rings. The number of nitrogens with one attached hydrogen (secondary N) is 2. The molecule has 0 aromatic carbocycles. The minimum atomic E-state index is 0.0956. The number of aromatic nitrogens is 4. The molecule has 12 heteroatoms. The van der Waals surface area contributed by atoms with Crippen LogP contribution in [0.5, 0.6) is 11.8 Å². The normalized spacial score (nSPS) is 15.4. The molecule has 0 amide bonds. The molecule has 4 aromatic rings. The Morgan fingerprint density at radius 3 is 1.56 bits per heavy atom. The van der Waals surface area contributed by atoms with Gasteiger partial charge in [0.25, 0.3) is 0 Å². The van der Waals surface area contributed by atoms with Crippen molar-refractivity contribution in [2.24, 2.45) is 9.98 Å². The molecule has 0 spiro atoms. The van der Waals surface area contributed by atoms with Crippen LogP contribution in [-0.2, 0) is 0 Å². The lowest BCUT2D eigenvalue weighted by Crippen LogP contribution is -1.81. The molecule has 6 rings (SSSR count). The number of aromatic amines is 2. The number of nitrogens with zero attached hydrogens (tertiary/aromatic N) is 4. The zero-order chi connectivity index (χ0) is 23.7. The van der Waals surface area contributed by atoms with Crippen LogP contribution in [0.25, 0.3) is 23.3 Å². The van der Waals surface area contributed by atoms with Crippen molar-refractivity contribution in [3.8, 4) is 11.8 Å². The Bertz CT molecular complexity index is 1520. The summed E-state index contributed by atoms with van der Waals surface area (Å²) in [5.41, 5.74) is 5.56. The quantitative estimate of drug-likeness (QED) is 0.228. The zero-order valence-electron chi connectivity index (χ0n) is 17.1. The maximum atomic E-state index is 9.62. The summed E-state index contributed by atoms with van der Waals surface area (Å²) in [7, 11) is 0. The number of hydrogen-bond acceptors (Lipinski definition) is 10. The van der Waals surface area contributed by atoms with Crippen LogP contribution in [0.15, 0.2) is 46.9 Å². The lowest BCUT2D eigenvalue weighted by atomic mass is 10.1. The second-order valence-corrected chi connectivity index (χ2v) is 10.4. The van der Waals surface area contributed by atoms with Gasteiger partial charge in [0.1, 0.15) is 0 Å². The molecule has 0 atom stereocenters. The predicted molar refractivity (Wildman–Crippen MR) is 143 cm³/mol. The van der Waals surface area contributed by atoms with Gasteiger partial charge in [-0.1, -0.05) is 0 Å². The Balaban J connectivity index is 0.000000142. The molecule has 4 aromatic heterocycles. The second kappa shape index (κ2) is 9.35. The highest BCUT2D eigenvalue weighted by atomic mass is 32.2. The van der Waals surface area contributed by atoms with Crippen molar-refractivity contribution in [3.63, 3.8) is 0 Å². The molecule has 0 radical (unpaired) electrons. The van der Waals surface area contributed by atoms with Crippen LogP contribution >= 0.6 is 47.1 Å². The smallest absolute Gasteiger partial charge is 0.207 e. The Morgan fingerprint density at radius 1 is 0.735 bits per heavy atom. The van der Waals surface area contributed by atoms with E-state index in [9.17, 15) is 10.2 Å². The molecule has 168 valence electrons. The summed E-state index contributed by atoms with van der Waals surface area (Å²) >= 11 is 12.6. The van der Waals surface area contributed by atoms with E-state index in [1.807, 2.05) is 24.3 Å². The van der Waals surface area contributed by atoms with Crippen molar-refractivity contribution < 1.29 is 10.2 Å². The Hall–Kier alpha value is -3.58. The SMILES string of the molecule is Oc1[nH]c(=S)sc1C=C1C=Nc2ccncc21.Oc1[nH]c(=S)sc1C=C1C=Nc2ccncc21. The van der Waals surface area contributed by atoms with E-state index < -0.39 is 0 Å². The van der Waals surface area contributed by atoms with E-state index in [0.29, 0.717) is 17.7 Å². The molecule has 0 fully saturated rings. The molecule has 0 unspecified atom stereocenters.